The van der Waals surface area contributed by atoms with Crippen molar-refractivity contribution in [3.8, 4) is 0 Å². The van der Waals surface area contributed by atoms with Crippen LogP contribution in [-0.2, 0) is 9.53 Å². The average Bonchev–Trinajstić information content (AvgIpc) is 2.61. The molecule has 0 heterocycles. The molecule has 0 radical (unpaired) electrons. The van der Waals surface area contributed by atoms with Gasteiger partial charge in [-0.25, -0.2) is 13.6 Å². The number of benzene rings is 1. The van der Waals surface area contributed by atoms with Crippen LogP contribution in [0, 0.1) is 34.5 Å². The Morgan fingerprint density at radius 3 is 2.46 bits per heavy atom. The summed E-state index contributed by atoms with van der Waals surface area (Å²) in [6.07, 6.45) is 1.40. The van der Waals surface area contributed by atoms with E-state index in [2.05, 4.69) is 15.3 Å². The zero-order valence-electron chi connectivity index (χ0n) is 14.1. The van der Waals surface area contributed by atoms with E-state index < -0.39 is 56.5 Å². The Balaban J connectivity index is 3.77. The third-order valence-corrected chi connectivity index (χ3v) is 3.24. The van der Waals surface area contributed by atoms with Gasteiger partial charge in [0, 0.05) is 12.1 Å². The van der Waals surface area contributed by atoms with Crippen molar-refractivity contribution in [3.05, 3.63) is 44.3 Å². The number of carbonyl (C=O) groups is 1. The lowest BCUT2D eigenvalue weighted by atomic mass is 10.0. The number of halogens is 3. The highest BCUT2D eigenvalue weighted by atomic mass is 19.2. The van der Waals surface area contributed by atoms with Crippen LogP contribution < -0.4 is 5.43 Å². The van der Waals surface area contributed by atoms with E-state index in [0.717, 1.165) is 20.2 Å². The number of nitrogens with zero attached hydrogens (tertiary/aromatic N) is 2. The van der Waals surface area contributed by atoms with Gasteiger partial charge in [-0.1, -0.05) is 6.92 Å². The summed E-state index contributed by atoms with van der Waals surface area (Å²) in [5.74, 6) is -7.88. The highest BCUT2D eigenvalue weighted by Gasteiger charge is 2.35. The second kappa shape index (κ2) is 8.83. The molecule has 0 bridgehead atoms. The van der Waals surface area contributed by atoms with Crippen molar-refractivity contribution in [2.24, 2.45) is 5.10 Å². The predicted molar refractivity (Wildman–Crippen MR) is 86.1 cm³/mol. The zero-order chi connectivity index (χ0) is 20.0. The highest BCUT2D eigenvalue weighted by Crippen LogP contribution is 2.35. The number of methoxy groups -OCH3 is 1. The summed E-state index contributed by atoms with van der Waals surface area (Å²) in [6, 6.07) is 0. The summed E-state index contributed by atoms with van der Waals surface area (Å²) in [4.78, 5) is 21.5. The van der Waals surface area contributed by atoms with Crippen molar-refractivity contribution in [1.29, 1.82) is 0 Å². The van der Waals surface area contributed by atoms with E-state index in [-0.39, 0.29) is 0 Å². The van der Waals surface area contributed by atoms with E-state index in [1.54, 1.807) is 0 Å². The number of ether oxygens (including phenoxy) is 1. The molecule has 142 valence electrons. The van der Waals surface area contributed by atoms with E-state index in [1.807, 2.05) is 6.92 Å². The summed E-state index contributed by atoms with van der Waals surface area (Å²) in [7, 11) is 0.935. The monoisotopic (exact) mass is 375 g/mol. The van der Waals surface area contributed by atoms with E-state index in [4.69, 9.17) is 0 Å². The maximum absolute atomic E-state index is 14.4. The van der Waals surface area contributed by atoms with Crippen LogP contribution in [0.2, 0.25) is 0 Å². The number of rotatable bonds is 7. The molecule has 0 atom stereocenters. The number of hydrogen-bond acceptors (Lipinski definition) is 7. The van der Waals surface area contributed by atoms with Crippen LogP contribution in [0.1, 0.15) is 24.5 Å². The number of aliphatic hydroxyl groups excluding tert-OH is 1. The van der Waals surface area contributed by atoms with Crippen LogP contribution in [-0.4, -0.2) is 35.9 Å². The number of aliphatic hydroxyl groups is 1. The molecule has 0 saturated carbocycles. The number of hydrazone groups is 1. The molecular weight excluding hydrogens is 359 g/mol. The van der Waals surface area contributed by atoms with Crippen LogP contribution in [0.25, 0.3) is 5.76 Å². The fourth-order valence-corrected chi connectivity index (χ4v) is 1.90. The van der Waals surface area contributed by atoms with Gasteiger partial charge < -0.3 is 15.3 Å². The topological polar surface area (TPSA) is 114 Å². The molecule has 8 nitrogen and oxygen atoms in total. The van der Waals surface area contributed by atoms with Crippen molar-refractivity contribution in [2.75, 3.05) is 13.7 Å². The Bertz CT molecular complexity index is 793. The molecule has 0 aliphatic carbocycles. The van der Waals surface area contributed by atoms with Crippen molar-refractivity contribution in [2.45, 2.75) is 20.3 Å². The molecule has 0 aromatic heterocycles. The smallest absolute Gasteiger partial charge is 0.343 e. The molecule has 11 heteroatoms. The summed E-state index contributed by atoms with van der Waals surface area (Å²) in [5.41, 5.74) is -2.14. The Labute approximate surface area is 146 Å². The van der Waals surface area contributed by atoms with E-state index in [1.165, 1.54) is 0 Å². The number of nitro groups is 1. The van der Waals surface area contributed by atoms with Gasteiger partial charge in [0.1, 0.15) is 22.7 Å². The van der Waals surface area contributed by atoms with Crippen LogP contribution in [0.15, 0.2) is 10.7 Å². The Kier molecular flexibility index (Phi) is 7.11. The number of nitro benzene ring substituents is 1. The summed E-state index contributed by atoms with van der Waals surface area (Å²) in [5, 5.41) is 24.9. The minimum absolute atomic E-state index is 0.393. The van der Waals surface area contributed by atoms with Gasteiger partial charge in [0.2, 0.25) is 5.82 Å². The summed E-state index contributed by atoms with van der Waals surface area (Å²) in [6.45, 7) is 3.04. The third kappa shape index (κ3) is 4.10. The molecule has 0 unspecified atom stereocenters. The molecule has 0 saturated heterocycles. The van der Waals surface area contributed by atoms with Gasteiger partial charge in [-0.15, -0.1) is 0 Å². The van der Waals surface area contributed by atoms with Crippen LogP contribution in [0.3, 0.4) is 0 Å². The predicted octanol–water partition coefficient (Wildman–Crippen LogP) is 2.75. The van der Waals surface area contributed by atoms with Gasteiger partial charge in [0.15, 0.2) is 5.82 Å². The molecule has 0 amide bonds. The largest absolute Gasteiger partial charge is 0.506 e. The van der Waals surface area contributed by atoms with E-state index in [0.29, 0.717) is 13.0 Å². The lowest BCUT2D eigenvalue weighted by molar-refractivity contribution is -0.388. The number of nitrogens with one attached hydrogen (secondary N) is 1. The van der Waals surface area contributed by atoms with Crippen LogP contribution in [0.4, 0.5) is 18.9 Å². The quantitative estimate of drug-likeness (QED) is 0.111. The molecule has 0 spiro atoms. The minimum Gasteiger partial charge on any atom is -0.506 e. The second-order valence-corrected chi connectivity index (χ2v) is 4.97. The van der Waals surface area contributed by atoms with Crippen molar-refractivity contribution >= 4 is 23.6 Å². The van der Waals surface area contributed by atoms with Gasteiger partial charge in [-0.3, -0.25) is 10.1 Å². The van der Waals surface area contributed by atoms with Crippen LogP contribution >= 0.6 is 0 Å². The zero-order valence-corrected chi connectivity index (χ0v) is 14.1. The van der Waals surface area contributed by atoms with Gasteiger partial charge in [0.25, 0.3) is 0 Å². The van der Waals surface area contributed by atoms with E-state index >= 15 is 0 Å². The van der Waals surface area contributed by atoms with Gasteiger partial charge in [-0.2, -0.15) is 9.49 Å². The molecule has 0 aliphatic rings. The Morgan fingerprint density at radius 2 is 1.96 bits per heavy atom. The summed E-state index contributed by atoms with van der Waals surface area (Å²) >= 11 is 0. The molecule has 1 aromatic carbocycles. The number of hydrogen-bond donors (Lipinski definition) is 2. The molecule has 1 rings (SSSR count). The van der Waals surface area contributed by atoms with Gasteiger partial charge in [0.05, 0.1) is 18.2 Å². The lowest BCUT2D eigenvalue weighted by Gasteiger charge is -2.11. The van der Waals surface area contributed by atoms with Crippen molar-refractivity contribution in [3.63, 3.8) is 0 Å². The van der Waals surface area contributed by atoms with Gasteiger partial charge in [-0.05, 0) is 13.3 Å². The van der Waals surface area contributed by atoms with Crippen molar-refractivity contribution in [1.82, 2.24) is 5.43 Å². The molecular formula is C15H16F3N3O5. The first-order valence-electron chi connectivity index (χ1n) is 7.28. The number of carbonyl (C=O) groups excluding carboxylic acids is 1. The molecule has 26 heavy (non-hydrogen) atoms. The maximum atomic E-state index is 14.4. The lowest BCUT2D eigenvalue weighted by Crippen LogP contribution is -2.15. The maximum Gasteiger partial charge on any atom is 0.343 e. The second-order valence-electron chi connectivity index (χ2n) is 4.97. The fourth-order valence-electron chi connectivity index (χ4n) is 1.90. The minimum atomic E-state index is -1.97. The molecule has 2 N–H and O–H groups in total. The first-order valence-corrected chi connectivity index (χ1v) is 7.28. The first-order chi connectivity index (χ1) is 12.2. The normalized spacial score (nSPS) is 12.1. The standard InChI is InChI=1S/C15H16F3N3O5/c1-4-5-19-20-6-8(15(23)26-3)14(22)9-10(16)7(2)11(17)12(18)13(9)21(24)25/h6,19,22H,4-5H2,1-3H3. The Morgan fingerprint density at radius 1 is 1.35 bits per heavy atom. The van der Waals surface area contributed by atoms with Crippen LogP contribution in [0.5, 0.6) is 0 Å². The van der Waals surface area contributed by atoms with E-state index in [9.17, 15) is 33.2 Å². The Hall–Kier alpha value is -3.11. The molecule has 1 aromatic rings. The third-order valence-electron chi connectivity index (χ3n) is 3.24. The highest BCUT2D eigenvalue weighted by molar-refractivity contribution is 6.15. The van der Waals surface area contributed by atoms with Crippen molar-refractivity contribution < 1.29 is 32.7 Å². The molecule has 0 aliphatic heterocycles. The summed E-state index contributed by atoms with van der Waals surface area (Å²) < 4.78 is 46.3. The SMILES string of the molecule is CCCNN=CC(C(=O)OC)=C(O)c1c(F)c(C)c(F)c(F)c1[N+](=O)[O-]. The molecule has 0 fully saturated rings. The number of esters is 1. The fraction of sp³-hybridized carbons (Fsp3) is 0.333. The first kappa shape index (κ1) is 20.9. The van der Waals surface area contributed by atoms with Gasteiger partial charge >= 0.3 is 11.7 Å². The average molecular weight is 375 g/mol.